The van der Waals surface area contributed by atoms with E-state index < -0.39 is 0 Å². The highest BCUT2D eigenvalue weighted by Crippen LogP contribution is 2.37. The zero-order chi connectivity index (χ0) is 20.8. The van der Waals surface area contributed by atoms with Crippen molar-refractivity contribution in [1.29, 1.82) is 0 Å². The van der Waals surface area contributed by atoms with Gasteiger partial charge in [0.25, 0.3) is 0 Å². The zero-order valence-electron chi connectivity index (χ0n) is 17.2. The third-order valence-electron chi connectivity index (χ3n) is 5.99. The van der Waals surface area contributed by atoms with E-state index in [1.54, 1.807) is 6.20 Å². The lowest BCUT2D eigenvalue weighted by molar-refractivity contribution is 0.621. The molecule has 1 fully saturated rings. The van der Waals surface area contributed by atoms with E-state index in [9.17, 15) is 0 Å². The van der Waals surface area contributed by atoms with Gasteiger partial charge in [0.05, 0.1) is 11.4 Å². The third-order valence-corrected chi connectivity index (χ3v) is 5.99. The van der Waals surface area contributed by atoms with Crippen LogP contribution in [0.4, 0.5) is 17.7 Å². The number of aromatic nitrogens is 4. The molecule has 0 spiro atoms. The lowest BCUT2D eigenvalue weighted by Crippen LogP contribution is -2.31. The molecule has 4 N–H and O–H groups in total. The molecule has 0 bridgehead atoms. The second-order valence-corrected chi connectivity index (χ2v) is 8.16. The van der Waals surface area contributed by atoms with E-state index >= 15 is 0 Å². The molecule has 0 radical (unpaired) electrons. The molecule has 4 aromatic rings. The predicted octanol–water partition coefficient (Wildman–Crippen LogP) is 4.02. The number of benzene rings is 2. The van der Waals surface area contributed by atoms with E-state index in [4.69, 9.17) is 16.5 Å². The van der Waals surface area contributed by atoms with Gasteiger partial charge in [0.15, 0.2) is 5.65 Å². The van der Waals surface area contributed by atoms with E-state index in [1.807, 2.05) is 0 Å². The van der Waals surface area contributed by atoms with Crippen molar-refractivity contribution in [2.24, 2.45) is 5.92 Å². The maximum absolute atomic E-state index is 5.98. The summed E-state index contributed by atoms with van der Waals surface area (Å²) in [5, 5.41) is 3.16. The summed E-state index contributed by atoms with van der Waals surface area (Å²) in [7, 11) is 0. The van der Waals surface area contributed by atoms with Crippen LogP contribution in [0.15, 0.2) is 42.6 Å². The van der Waals surface area contributed by atoms with Crippen LogP contribution in [0.5, 0.6) is 0 Å². The quantitative estimate of drug-likeness (QED) is 0.522. The molecule has 7 heteroatoms. The van der Waals surface area contributed by atoms with E-state index in [0.717, 1.165) is 6.54 Å². The molecule has 152 valence electrons. The molecule has 1 aliphatic carbocycles. The molecule has 1 saturated carbocycles. The van der Waals surface area contributed by atoms with E-state index in [0.29, 0.717) is 28.7 Å². The van der Waals surface area contributed by atoms with Gasteiger partial charge in [-0.3, -0.25) is 0 Å². The standard InChI is InChI=1S/C23H25N7/c1-13-7-10-17(18-6-4-3-5-16(13)18)14(2)30(12-15-8-9-15)23-26-11-19-20(24)27-22(25)28-21(19)29-23/h3-7,10-11,14-15H,8-9,12H2,1-2H3,(H4,24,25,26,27,28,29)/t14-/m1/s1. The molecule has 5 rings (SSSR count). The van der Waals surface area contributed by atoms with Crippen LogP contribution in [0, 0.1) is 12.8 Å². The monoisotopic (exact) mass is 399 g/mol. The highest BCUT2D eigenvalue weighted by molar-refractivity contribution is 5.89. The molecule has 30 heavy (non-hydrogen) atoms. The van der Waals surface area contributed by atoms with Gasteiger partial charge < -0.3 is 16.4 Å². The molecule has 1 aliphatic rings. The summed E-state index contributed by atoms with van der Waals surface area (Å²) in [6.07, 6.45) is 4.19. The largest absolute Gasteiger partial charge is 0.383 e. The Hall–Kier alpha value is -3.48. The normalized spacial score (nSPS) is 14.9. The minimum absolute atomic E-state index is 0.102. The summed E-state index contributed by atoms with van der Waals surface area (Å²) < 4.78 is 0. The van der Waals surface area contributed by atoms with Gasteiger partial charge in [0, 0.05) is 12.7 Å². The first-order valence-corrected chi connectivity index (χ1v) is 10.3. The molecule has 0 saturated heterocycles. The van der Waals surface area contributed by atoms with Crippen molar-refractivity contribution in [3.8, 4) is 0 Å². The Morgan fingerprint density at radius 1 is 1.00 bits per heavy atom. The number of anilines is 3. The van der Waals surface area contributed by atoms with Gasteiger partial charge >= 0.3 is 0 Å². The summed E-state index contributed by atoms with van der Waals surface area (Å²) >= 11 is 0. The van der Waals surface area contributed by atoms with Gasteiger partial charge in [-0.05, 0) is 54.5 Å². The molecular formula is C23H25N7. The summed E-state index contributed by atoms with van der Waals surface area (Å²) in [6.45, 7) is 5.28. The molecule has 0 amide bonds. The first kappa shape index (κ1) is 18.5. The molecule has 2 aromatic carbocycles. The molecular weight excluding hydrogens is 374 g/mol. The Balaban J connectivity index is 1.62. The van der Waals surface area contributed by atoms with E-state index in [2.05, 4.69) is 70.1 Å². The fourth-order valence-electron chi connectivity index (χ4n) is 4.08. The Kier molecular flexibility index (Phi) is 4.38. The summed E-state index contributed by atoms with van der Waals surface area (Å²) in [5.74, 6) is 1.74. The molecule has 1 atom stereocenters. The van der Waals surface area contributed by atoms with Crippen LogP contribution < -0.4 is 16.4 Å². The van der Waals surface area contributed by atoms with E-state index in [1.165, 1.54) is 34.7 Å². The van der Waals surface area contributed by atoms with Gasteiger partial charge in [0.1, 0.15) is 5.82 Å². The lowest BCUT2D eigenvalue weighted by Gasteiger charge is -2.31. The Morgan fingerprint density at radius 2 is 1.77 bits per heavy atom. The van der Waals surface area contributed by atoms with Gasteiger partial charge in [0.2, 0.25) is 11.9 Å². The van der Waals surface area contributed by atoms with E-state index in [-0.39, 0.29) is 12.0 Å². The first-order chi connectivity index (χ1) is 14.5. The van der Waals surface area contributed by atoms with Crippen LogP contribution in [0.3, 0.4) is 0 Å². The van der Waals surface area contributed by atoms with Crippen LogP contribution in [0.2, 0.25) is 0 Å². The summed E-state index contributed by atoms with van der Waals surface area (Å²) in [6, 6.07) is 13.1. The van der Waals surface area contributed by atoms with Crippen LogP contribution >= 0.6 is 0 Å². The average Bonchev–Trinajstić information content (AvgIpc) is 3.56. The van der Waals surface area contributed by atoms with Crippen LogP contribution in [0.1, 0.15) is 36.9 Å². The second-order valence-electron chi connectivity index (χ2n) is 8.16. The van der Waals surface area contributed by atoms with Crippen molar-refractivity contribution < 1.29 is 0 Å². The molecule has 0 unspecified atom stereocenters. The van der Waals surface area contributed by atoms with Crippen molar-refractivity contribution in [3.05, 3.63) is 53.7 Å². The number of nitrogen functional groups attached to an aromatic ring is 2. The van der Waals surface area contributed by atoms with Crippen LogP contribution in [-0.2, 0) is 0 Å². The minimum Gasteiger partial charge on any atom is -0.383 e. The van der Waals surface area contributed by atoms with Gasteiger partial charge in [-0.2, -0.15) is 15.0 Å². The van der Waals surface area contributed by atoms with Crippen LogP contribution in [0.25, 0.3) is 21.8 Å². The van der Waals surface area contributed by atoms with Crippen molar-refractivity contribution in [1.82, 2.24) is 19.9 Å². The van der Waals surface area contributed by atoms with Crippen molar-refractivity contribution in [3.63, 3.8) is 0 Å². The predicted molar refractivity (Wildman–Crippen MR) is 121 cm³/mol. The Labute approximate surface area is 175 Å². The van der Waals surface area contributed by atoms with Gasteiger partial charge in [-0.1, -0.05) is 36.4 Å². The maximum atomic E-state index is 5.98. The first-order valence-electron chi connectivity index (χ1n) is 10.3. The minimum atomic E-state index is 0.102. The Bertz CT molecular complexity index is 1250. The topological polar surface area (TPSA) is 107 Å². The number of nitrogens with two attached hydrogens (primary N) is 2. The maximum Gasteiger partial charge on any atom is 0.227 e. The molecule has 0 aliphatic heterocycles. The molecule has 7 nitrogen and oxygen atoms in total. The number of hydrogen-bond acceptors (Lipinski definition) is 7. The number of fused-ring (bicyclic) bond motifs is 2. The smallest absolute Gasteiger partial charge is 0.227 e. The number of nitrogens with zero attached hydrogens (tertiary/aromatic N) is 5. The number of rotatable bonds is 5. The summed E-state index contributed by atoms with van der Waals surface area (Å²) in [4.78, 5) is 19.9. The summed E-state index contributed by atoms with van der Waals surface area (Å²) in [5.41, 5.74) is 14.8. The number of hydrogen-bond donors (Lipinski definition) is 2. The highest BCUT2D eigenvalue weighted by Gasteiger charge is 2.29. The SMILES string of the molecule is Cc1ccc([C@@H](C)N(CC2CC2)c2ncc3c(N)nc(N)nc3n2)c2ccccc12. The third kappa shape index (κ3) is 3.26. The fourth-order valence-corrected chi connectivity index (χ4v) is 4.08. The highest BCUT2D eigenvalue weighted by atomic mass is 15.3. The lowest BCUT2D eigenvalue weighted by atomic mass is 9.95. The second kappa shape index (κ2) is 7.09. The zero-order valence-corrected chi connectivity index (χ0v) is 17.2. The fraction of sp³-hybridized carbons (Fsp3) is 0.304. The van der Waals surface area contributed by atoms with Crippen molar-refractivity contribution in [2.75, 3.05) is 22.9 Å². The van der Waals surface area contributed by atoms with Crippen molar-refractivity contribution in [2.45, 2.75) is 32.7 Å². The van der Waals surface area contributed by atoms with Crippen LogP contribution in [-0.4, -0.2) is 26.5 Å². The number of aryl methyl sites for hydroxylation is 1. The molecule has 2 heterocycles. The Morgan fingerprint density at radius 3 is 2.53 bits per heavy atom. The van der Waals surface area contributed by atoms with Crippen molar-refractivity contribution >= 4 is 39.5 Å². The average molecular weight is 400 g/mol. The van der Waals surface area contributed by atoms with Gasteiger partial charge in [-0.25, -0.2) is 4.98 Å². The van der Waals surface area contributed by atoms with Gasteiger partial charge in [-0.15, -0.1) is 0 Å². The molecule has 2 aromatic heterocycles.